The SMILES string of the molecule is Cc1[nH]ncc1Nc1nccc(-c2ccc3c(c2)CN(CCO)CCC3NC(=O)c2nnc(C3CCC3)o2)n1. The van der Waals surface area contributed by atoms with Crippen LogP contribution in [0.1, 0.15) is 71.0 Å². The van der Waals surface area contributed by atoms with E-state index in [2.05, 4.69) is 47.0 Å². The van der Waals surface area contributed by atoms with Gasteiger partial charge < -0.3 is 20.2 Å². The molecule has 1 unspecified atom stereocenters. The number of β-amino-alcohol motifs (C(OH)–C–C–N with tert-alkyl or cyclic N) is 1. The van der Waals surface area contributed by atoms with Gasteiger partial charge in [-0.1, -0.05) is 18.6 Å². The standard InChI is InChI=1S/C27H31N9O3/c1-16-23(14-29-33-16)32-27-28-9-7-21(31-27)18-5-6-20-19(13-18)15-36(11-12-37)10-8-22(20)30-24(38)26-35-34-25(39-26)17-3-2-4-17/h5-7,9,13-14,17,22,37H,2-4,8,10-12,15H2,1H3,(H,29,33)(H,30,38)(H,28,31,32). The lowest BCUT2D eigenvalue weighted by Crippen LogP contribution is -2.31. The lowest BCUT2D eigenvalue weighted by molar-refractivity contribution is 0.0893. The molecule has 0 bridgehead atoms. The number of H-pyrrole nitrogens is 1. The van der Waals surface area contributed by atoms with Gasteiger partial charge in [-0.05, 0) is 49.4 Å². The topological polar surface area (TPSA) is 158 Å². The molecule has 4 aromatic rings. The fourth-order valence-corrected chi connectivity index (χ4v) is 5.05. The van der Waals surface area contributed by atoms with E-state index in [4.69, 9.17) is 9.40 Å². The third-order valence-electron chi connectivity index (χ3n) is 7.48. The van der Waals surface area contributed by atoms with Crippen molar-refractivity contribution < 1.29 is 14.3 Å². The second-order valence-corrected chi connectivity index (χ2v) is 10.1. The van der Waals surface area contributed by atoms with Gasteiger partial charge >= 0.3 is 11.8 Å². The first-order chi connectivity index (χ1) is 19.1. The van der Waals surface area contributed by atoms with E-state index in [0.29, 0.717) is 31.3 Å². The first-order valence-corrected chi connectivity index (χ1v) is 13.3. The number of fused-ring (bicyclic) bond motifs is 1. The number of hydrogen-bond donors (Lipinski definition) is 4. The van der Waals surface area contributed by atoms with E-state index in [-0.39, 0.29) is 30.4 Å². The summed E-state index contributed by atoms with van der Waals surface area (Å²) in [6, 6.07) is 7.78. The highest BCUT2D eigenvalue weighted by Gasteiger charge is 2.29. The lowest BCUT2D eigenvalue weighted by Gasteiger charge is -2.21. The van der Waals surface area contributed by atoms with Crippen LogP contribution in [0, 0.1) is 6.92 Å². The Hall–Kier alpha value is -4.16. The Labute approximate surface area is 225 Å². The molecule has 0 spiro atoms. The third kappa shape index (κ3) is 5.38. The molecule has 6 rings (SSSR count). The summed E-state index contributed by atoms with van der Waals surface area (Å²) >= 11 is 0. The monoisotopic (exact) mass is 529 g/mol. The fourth-order valence-electron chi connectivity index (χ4n) is 5.05. The largest absolute Gasteiger partial charge is 0.417 e. The molecule has 1 aliphatic carbocycles. The smallest absolute Gasteiger partial charge is 0.309 e. The maximum atomic E-state index is 13.1. The summed E-state index contributed by atoms with van der Waals surface area (Å²) in [5.41, 5.74) is 5.49. The van der Waals surface area contributed by atoms with E-state index in [1.165, 1.54) is 0 Å². The van der Waals surface area contributed by atoms with Crippen LogP contribution in [0.15, 0.2) is 41.1 Å². The summed E-state index contributed by atoms with van der Waals surface area (Å²) < 4.78 is 5.70. The van der Waals surface area contributed by atoms with Crippen molar-refractivity contribution in [3.05, 3.63) is 65.3 Å². The molecule has 1 atom stereocenters. The van der Waals surface area contributed by atoms with Crippen LogP contribution < -0.4 is 10.6 Å². The Balaban J connectivity index is 1.25. The molecule has 1 aromatic carbocycles. The molecule has 12 heteroatoms. The molecule has 202 valence electrons. The molecule has 12 nitrogen and oxygen atoms in total. The highest BCUT2D eigenvalue weighted by atomic mass is 16.4. The normalized spacial score (nSPS) is 17.7. The summed E-state index contributed by atoms with van der Waals surface area (Å²) in [4.78, 5) is 24.3. The minimum atomic E-state index is -0.371. The zero-order valence-electron chi connectivity index (χ0n) is 21.7. The van der Waals surface area contributed by atoms with Gasteiger partial charge in [0, 0.05) is 37.3 Å². The van der Waals surface area contributed by atoms with Gasteiger partial charge in [-0.15, -0.1) is 10.2 Å². The molecule has 0 radical (unpaired) electrons. The van der Waals surface area contributed by atoms with E-state index in [9.17, 15) is 9.90 Å². The number of amides is 1. The van der Waals surface area contributed by atoms with Crippen LogP contribution in [0.5, 0.6) is 0 Å². The Morgan fingerprint density at radius 2 is 2.13 bits per heavy atom. The van der Waals surface area contributed by atoms with Crippen LogP contribution >= 0.6 is 0 Å². The van der Waals surface area contributed by atoms with Crippen LogP contribution in [0.2, 0.25) is 0 Å². The summed E-state index contributed by atoms with van der Waals surface area (Å²) in [6.07, 6.45) is 7.30. The third-order valence-corrected chi connectivity index (χ3v) is 7.48. The average Bonchev–Trinajstić information content (AvgIpc) is 3.51. The highest BCUT2D eigenvalue weighted by Crippen LogP contribution is 2.35. The Kier molecular flexibility index (Phi) is 7.03. The Morgan fingerprint density at radius 1 is 1.23 bits per heavy atom. The number of aryl methyl sites for hydroxylation is 1. The predicted molar refractivity (Wildman–Crippen MR) is 142 cm³/mol. The van der Waals surface area contributed by atoms with Gasteiger partial charge in [0.1, 0.15) is 0 Å². The van der Waals surface area contributed by atoms with Crippen molar-refractivity contribution in [1.29, 1.82) is 0 Å². The molecule has 39 heavy (non-hydrogen) atoms. The van der Waals surface area contributed by atoms with Crippen LogP contribution in [0.4, 0.5) is 11.6 Å². The zero-order chi connectivity index (χ0) is 26.8. The molecule has 1 aliphatic heterocycles. The van der Waals surface area contributed by atoms with Gasteiger partial charge in [-0.25, -0.2) is 9.97 Å². The molecule has 4 heterocycles. The molecule has 1 saturated carbocycles. The number of nitrogens with one attached hydrogen (secondary N) is 3. The number of aliphatic hydroxyl groups is 1. The molecule has 1 amide bonds. The van der Waals surface area contributed by atoms with E-state index < -0.39 is 0 Å². The zero-order valence-corrected chi connectivity index (χ0v) is 21.7. The first kappa shape index (κ1) is 25.1. The molecule has 1 fully saturated rings. The number of anilines is 2. The van der Waals surface area contributed by atoms with E-state index >= 15 is 0 Å². The van der Waals surface area contributed by atoms with Crippen LogP contribution in [-0.2, 0) is 6.54 Å². The number of aromatic amines is 1. The second-order valence-electron chi connectivity index (χ2n) is 10.1. The number of nitrogens with zero attached hydrogens (tertiary/aromatic N) is 6. The van der Waals surface area contributed by atoms with E-state index in [0.717, 1.165) is 59.6 Å². The Morgan fingerprint density at radius 3 is 2.90 bits per heavy atom. The quantitative estimate of drug-likeness (QED) is 0.267. The molecule has 2 aliphatic rings. The Bertz CT molecular complexity index is 1460. The van der Waals surface area contributed by atoms with Crippen molar-refractivity contribution in [2.24, 2.45) is 0 Å². The first-order valence-electron chi connectivity index (χ1n) is 13.3. The van der Waals surface area contributed by atoms with Crippen LogP contribution in [0.3, 0.4) is 0 Å². The molecule has 4 N–H and O–H groups in total. The van der Waals surface area contributed by atoms with Gasteiger partial charge in [-0.2, -0.15) is 5.10 Å². The highest BCUT2D eigenvalue weighted by molar-refractivity contribution is 5.89. The number of hydrogen-bond acceptors (Lipinski definition) is 10. The van der Waals surface area contributed by atoms with Crippen molar-refractivity contribution >= 4 is 17.5 Å². The van der Waals surface area contributed by atoms with E-state index in [1.807, 2.05) is 25.1 Å². The number of carbonyl (C=O) groups is 1. The van der Waals surface area contributed by atoms with Gasteiger partial charge in [0.2, 0.25) is 11.8 Å². The minimum absolute atomic E-state index is 0.000375. The number of rotatable bonds is 8. The summed E-state index contributed by atoms with van der Waals surface area (Å²) in [5.74, 6) is 0.919. The molecule has 3 aromatic heterocycles. The minimum Gasteiger partial charge on any atom is -0.417 e. The summed E-state index contributed by atoms with van der Waals surface area (Å²) in [7, 11) is 0. The summed E-state index contributed by atoms with van der Waals surface area (Å²) in [5, 5.41) is 30.9. The number of benzene rings is 1. The average molecular weight is 530 g/mol. The van der Waals surface area contributed by atoms with Gasteiger partial charge in [0.15, 0.2) is 0 Å². The van der Waals surface area contributed by atoms with Gasteiger partial charge in [-0.3, -0.25) is 14.8 Å². The maximum Gasteiger partial charge on any atom is 0.309 e. The summed E-state index contributed by atoms with van der Waals surface area (Å²) in [6.45, 7) is 3.90. The second kappa shape index (κ2) is 10.9. The van der Waals surface area contributed by atoms with Crippen molar-refractivity contribution in [1.82, 2.24) is 40.6 Å². The molecular weight excluding hydrogens is 498 g/mol. The van der Waals surface area contributed by atoms with Crippen molar-refractivity contribution in [2.45, 2.75) is 51.1 Å². The van der Waals surface area contributed by atoms with Gasteiger partial charge in [0.05, 0.1) is 35.9 Å². The fraction of sp³-hybridized carbons (Fsp3) is 0.407. The molecular formula is C27H31N9O3. The van der Waals surface area contributed by atoms with Crippen molar-refractivity contribution in [3.8, 4) is 11.3 Å². The van der Waals surface area contributed by atoms with E-state index in [1.54, 1.807) is 12.4 Å². The number of carbonyl (C=O) groups excluding carboxylic acids is 1. The lowest BCUT2D eigenvalue weighted by atomic mass is 9.85. The molecule has 0 saturated heterocycles. The van der Waals surface area contributed by atoms with Crippen molar-refractivity contribution in [2.75, 3.05) is 25.0 Å². The number of aromatic nitrogens is 6. The number of aliphatic hydroxyl groups excluding tert-OH is 1. The predicted octanol–water partition coefficient (Wildman–Crippen LogP) is 3.24. The van der Waals surface area contributed by atoms with Gasteiger partial charge in [0.25, 0.3) is 0 Å². The van der Waals surface area contributed by atoms with Crippen LogP contribution in [-0.4, -0.2) is 66.0 Å². The van der Waals surface area contributed by atoms with Crippen molar-refractivity contribution in [3.63, 3.8) is 0 Å². The van der Waals surface area contributed by atoms with Crippen LogP contribution in [0.25, 0.3) is 11.3 Å². The maximum absolute atomic E-state index is 13.1.